The molecule has 1 aliphatic heterocycles. The summed E-state index contributed by atoms with van der Waals surface area (Å²) in [6.07, 6.45) is 2.35. The number of ketones is 1. The van der Waals surface area contributed by atoms with Crippen molar-refractivity contribution in [3.8, 4) is 5.75 Å². The van der Waals surface area contributed by atoms with Gasteiger partial charge in [0.05, 0.1) is 5.69 Å². The van der Waals surface area contributed by atoms with E-state index in [2.05, 4.69) is 5.32 Å². The van der Waals surface area contributed by atoms with Crippen LogP contribution in [-0.2, 0) is 4.79 Å². The summed E-state index contributed by atoms with van der Waals surface area (Å²) in [4.78, 5) is 23.4. The molecule has 0 aromatic heterocycles. The van der Waals surface area contributed by atoms with Crippen molar-refractivity contribution in [3.05, 3.63) is 65.2 Å². The van der Waals surface area contributed by atoms with Crippen molar-refractivity contribution < 1.29 is 23.1 Å². The molecule has 0 radical (unpaired) electrons. The van der Waals surface area contributed by atoms with Gasteiger partial charge in [-0.25, -0.2) is 8.78 Å². The number of carbonyl (C=O) groups excluding carboxylic acids is 2. The first kappa shape index (κ1) is 14.9. The van der Waals surface area contributed by atoms with Gasteiger partial charge in [0, 0.05) is 11.1 Å². The molecule has 0 aliphatic carbocycles. The van der Waals surface area contributed by atoms with E-state index in [-0.39, 0.29) is 18.1 Å². The molecule has 1 N–H and O–H groups in total. The van der Waals surface area contributed by atoms with Gasteiger partial charge in [-0.2, -0.15) is 0 Å². The van der Waals surface area contributed by atoms with Gasteiger partial charge in [0.25, 0.3) is 5.91 Å². The van der Waals surface area contributed by atoms with Crippen LogP contribution in [0.1, 0.15) is 15.9 Å². The second-order valence-electron chi connectivity index (χ2n) is 4.89. The summed E-state index contributed by atoms with van der Waals surface area (Å²) >= 11 is 0. The minimum atomic E-state index is -1.01. The minimum Gasteiger partial charge on any atom is -0.482 e. The SMILES string of the molecule is O=C1COc2ccc(C(=O)/C=C/c3cccc(F)c3F)cc2N1. The molecule has 0 spiro atoms. The third-order valence-electron chi connectivity index (χ3n) is 3.29. The predicted octanol–water partition coefficient (Wildman–Crippen LogP) is 3.19. The number of ether oxygens (including phenoxy) is 1. The van der Waals surface area contributed by atoms with Crippen LogP contribution in [0.2, 0.25) is 0 Å². The highest BCUT2D eigenvalue weighted by Gasteiger charge is 2.17. The number of allylic oxidation sites excluding steroid dienone is 1. The van der Waals surface area contributed by atoms with E-state index in [9.17, 15) is 18.4 Å². The van der Waals surface area contributed by atoms with Crippen LogP contribution in [0.5, 0.6) is 5.75 Å². The number of halogens is 2. The number of benzene rings is 2. The van der Waals surface area contributed by atoms with Crippen LogP contribution in [0.25, 0.3) is 6.08 Å². The molecule has 2 aromatic rings. The van der Waals surface area contributed by atoms with Gasteiger partial charge in [-0.05, 0) is 36.4 Å². The summed E-state index contributed by atoms with van der Waals surface area (Å²) in [7, 11) is 0. The lowest BCUT2D eigenvalue weighted by Gasteiger charge is -2.17. The van der Waals surface area contributed by atoms with Gasteiger partial charge in [0.15, 0.2) is 24.0 Å². The zero-order chi connectivity index (χ0) is 16.4. The Hall–Kier alpha value is -3.02. The van der Waals surface area contributed by atoms with Crippen molar-refractivity contribution in [2.45, 2.75) is 0 Å². The maximum Gasteiger partial charge on any atom is 0.262 e. The van der Waals surface area contributed by atoms with Gasteiger partial charge in [0.2, 0.25) is 0 Å². The van der Waals surface area contributed by atoms with Crippen molar-refractivity contribution >= 4 is 23.5 Å². The second kappa shape index (κ2) is 6.00. The zero-order valence-corrected chi connectivity index (χ0v) is 11.8. The van der Waals surface area contributed by atoms with E-state index < -0.39 is 17.4 Å². The zero-order valence-electron chi connectivity index (χ0n) is 11.8. The van der Waals surface area contributed by atoms with Crippen LogP contribution in [-0.4, -0.2) is 18.3 Å². The van der Waals surface area contributed by atoms with Crippen molar-refractivity contribution in [1.29, 1.82) is 0 Å². The number of hydrogen-bond acceptors (Lipinski definition) is 3. The number of hydrogen-bond donors (Lipinski definition) is 1. The highest BCUT2D eigenvalue weighted by molar-refractivity contribution is 6.08. The van der Waals surface area contributed by atoms with Gasteiger partial charge in [-0.15, -0.1) is 0 Å². The fourth-order valence-corrected chi connectivity index (χ4v) is 2.15. The van der Waals surface area contributed by atoms with Crippen LogP contribution < -0.4 is 10.1 Å². The molecule has 0 bridgehead atoms. The third kappa shape index (κ3) is 3.11. The van der Waals surface area contributed by atoms with Crippen LogP contribution in [0.15, 0.2) is 42.5 Å². The molecule has 1 amide bonds. The molecule has 0 saturated heterocycles. The van der Waals surface area contributed by atoms with E-state index in [0.717, 1.165) is 12.1 Å². The number of nitrogens with one attached hydrogen (secondary N) is 1. The number of fused-ring (bicyclic) bond motifs is 1. The molecule has 1 aliphatic rings. The van der Waals surface area contributed by atoms with E-state index in [1.165, 1.54) is 30.3 Å². The molecule has 1 heterocycles. The number of rotatable bonds is 3. The lowest BCUT2D eigenvalue weighted by atomic mass is 10.1. The Balaban J connectivity index is 1.83. The topological polar surface area (TPSA) is 55.4 Å². The molecule has 0 fully saturated rings. The summed E-state index contributed by atoms with van der Waals surface area (Å²) in [5.74, 6) is -2.23. The molecule has 2 aromatic carbocycles. The van der Waals surface area contributed by atoms with Crippen molar-refractivity contribution in [2.75, 3.05) is 11.9 Å². The Morgan fingerprint density at radius 3 is 2.87 bits per heavy atom. The molecule has 0 unspecified atom stereocenters. The van der Waals surface area contributed by atoms with Crippen LogP contribution in [0, 0.1) is 11.6 Å². The third-order valence-corrected chi connectivity index (χ3v) is 3.29. The van der Waals surface area contributed by atoms with E-state index >= 15 is 0 Å². The smallest absolute Gasteiger partial charge is 0.262 e. The Morgan fingerprint density at radius 1 is 1.22 bits per heavy atom. The number of amides is 1. The van der Waals surface area contributed by atoms with Gasteiger partial charge < -0.3 is 10.1 Å². The first-order valence-electron chi connectivity index (χ1n) is 6.78. The molecular weight excluding hydrogens is 304 g/mol. The van der Waals surface area contributed by atoms with Crippen molar-refractivity contribution in [1.82, 2.24) is 0 Å². The van der Waals surface area contributed by atoms with Crippen LogP contribution >= 0.6 is 0 Å². The van der Waals surface area contributed by atoms with E-state index in [1.54, 1.807) is 6.07 Å². The molecule has 4 nitrogen and oxygen atoms in total. The molecule has 3 rings (SSSR count). The van der Waals surface area contributed by atoms with Crippen LogP contribution in [0.4, 0.5) is 14.5 Å². The molecule has 116 valence electrons. The largest absolute Gasteiger partial charge is 0.482 e. The van der Waals surface area contributed by atoms with Gasteiger partial charge >= 0.3 is 0 Å². The Labute approximate surface area is 130 Å². The van der Waals surface area contributed by atoms with E-state index in [1.807, 2.05) is 0 Å². The fraction of sp³-hybridized carbons (Fsp3) is 0.0588. The summed E-state index contributed by atoms with van der Waals surface area (Å²) < 4.78 is 31.8. The van der Waals surface area contributed by atoms with Crippen LogP contribution in [0.3, 0.4) is 0 Å². The lowest BCUT2D eigenvalue weighted by Crippen LogP contribution is -2.25. The van der Waals surface area contributed by atoms with Gasteiger partial charge in [-0.1, -0.05) is 12.1 Å². The van der Waals surface area contributed by atoms with Crippen molar-refractivity contribution in [2.24, 2.45) is 0 Å². The summed E-state index contributed by atoms with van der Waals surface area (Å²) in [6.45, 7) is -0.0704. The van der Waals surface area contributed by atoms with E-state index in [0.29, 0.717) is 17.0 Å². The maximum absolute atomic E-state index is 13.5. The molecule has 6 heteroatoms. The molecule has 23 heavy (non-hydrogen) atoms. The highest BCUT2D eigenvalue weighted by Crippen LogP contribution is 2.28. The molecule has 0 atom stereocenters. The first-order valence-corrected chi connectivity index (χ1v) is 6.78. The van der Waals surface area contributed by atoms with Crippen molar-refractivity contribution in [3.63, 3.8) is 0 Å². The lowest BCUT2D eigenvalue weighted by molar-refractivity contribution is -0.118. The average molecular weight is 315 g/mol. The number of carbonyl (C=O) groups is 2. The average Bonchev–Trinajstić information content (AvgIpc) is 2.55. The summed E-state index contributed by atoms with van der Waals surface area (Å²) in [5, 5.41) is 2.60. The maximum atomic E-state index is 13.5. The first-order chi connectivity index (χ1) is 11.0. The Morgan fingerprint density at radius 2 is 2.04 bits per heavy atom. The Kier molecular flexibility index (Phi) is 3.89. The molecule has 0 saturated carbocycles. The number of anilines is 1. The quantitative estimate of drug-likeness (QED) is 0.699. The predicted molar refractivity (Wildman–Crippen MR) is 80.3 cm³/mol. The normalized spacial score (nSPS) is 13.4. The van der Waals surface area contributed by atoms with E-state index in [4.69, 9.17) is 4.74 Å². The fourth-order valence-electron chi connectivity index (χ4n) is 2.15. The summed E-state index contributed by atoms with van der Waals surface area (Å²) in [6, 6.07) is 8.29. The monoisotopic (exact) mass is 315 g/mol. The molecular formula is C17H11F2NO3. The summed E-state index contributed by atoms with van der Waals surface area (Å²) in [5.41, 5.74) is 0.674. The van der Waals surface area contributed by atoms with Gasteiger partial charge in [0.1, 0.15) is 5.75 Å². The highest BCUT2D eigenvalue weighted by atomic mass is 19.2. The Bertz CT molecular complexity index is 831. The second-order valence-corrected chi connectivity index (χ2v) is 4.89. The minimum absolute atomic E-state index is 0.0204. The standard InChI is InChI=1S/C17H11F2NO3/c18-12-3-1-2-10(17(12)19)4-6-14(21)11-5-7-15-13(8-11)20-16(22)9-23-15/h1-8H,9H2,(H,20,22)/b6-4+. The van der Waals surface area contributed by atoms with Gasteiger partial charge in [-0.3, -0.25) is 9.59 Å².